The zero-order chi connectivity index (χ0) is 19.6. The third-order valence-electron chi connectivity index (χ3n) is 5.01. The van der Waals surface area contributed by atoms with Gasteiger partial charge in [-0.3, -0.25) is 0 Å². The van der Waals surface area contributed by atoms with Crippen molar-refractivity contribution in [2.24, 2.45) is 5.92 Å². The first-order valence-electron chi connectivity index (χ1n) is 10.4. The molecular weight excluding hydrogens is 327 g/mol. The number of aryl methyl sites for hydroxylation is 1. The summed E-state index contributed by atoms with van der Waals surface area (Å²) in [6, 6.07) is 9.08. The van der Waals surface area contributed by atoms with E-state index in [1.807, 2.05) is 32.3 Å². The maximum atomic E-state index is 4.47. The number of fused-ring (bicyclic) bond motifs is 1. The van der Waals surface area contributed by atoms with Gasteiger partial charge in [-0.2, -0.15) is 0 Å². The van der Waals surface area contributed by atoms with Crippen molar-refractivity contribution in [1.29, 1.82) is 0 Å². The van der Waals surface area contributed by atoms with Crippen molar-refractivity contribution < 1.29 is 0 Å². The molecule has 0 aliphatic carbocycles. The topological polar surface area (TPSA) is 28.7 Å². The summed E-state index contributed by atoms with van der Waals surface area (Å²) in [5, 5.41) is 1.30. The molecule has 1 aromatic carbocycles. The third-order valence-corrected chi connectivity index (χ3v) is 5.01. The van der Waals surface area contributed by atoms with Gasteiger partial charge in [0.25, 0.3) is 0 Å². The number of nitrogens with zero attached hydrogens (tertiary/aromatic N) is 1. The van der Waals surface area contributed by atoms with Gasteiger partial charge in [0.15, 0.2) is 0 Å². The second kappa shape index (κ2) is 10.9. The van der Waals surface area contributed by atoms with Gasteiger partial charge in [0.2, 0.25) is 0 Å². The van der Waals surface area contributed by atoms with Crippen molar-refractivity contribution in [3.8, 4) is 11.0 Å². The van der Waals surface area contributed by atoms with E-state index >= 15 is 0 Å². The largest absolute Gasteiger partial charge is 0.0683 e. The molecule has 0 radical (unpaired) electrons. The number of hydrogen-bond acceptors (Lipinski definition) is 1. The average molecular weight is 360 g/mol. The Balaban J connectivity index is 0.00000126. The van der Waals surface area contributed by atoms with Gasteiger partial charge in [0.1, 0.15) is 0 Å². The molecule has 0 saturated heterocycles. The number of unbranched alkanes of at least 4 members (excludes halogenated alkanes) is 1. The van der Waals surface area contributed by atoms with Gasteiger partial charge in [0.05, 0.1) is 0 Å². The molecule has 2 heterocycles. The van der Waals surface area contributed by atoms with Crippen LogP contribution in [-0.4, -0.2) is 16.9 Å². The van der Waals surface area contributed by atoms with E-state index in [1.54, 1.807) is 0 Å². The first-order chi connectivity index (χ1) is 13.2. The summed E-state index contributed by atoms with van der Waals surface area (Å²) < 4.78 is 0. The van der Waals surface area contributed by atoms with E-state index in [-0.39, 0.29) is 0 Å². The fraction of sp³-hybridized carbons (Fsp3) is 0.417. The summed E-state index contributed by atoms with van der Waals surface area (Å²) in [6.45, 7) is 12.4. The Labute approximate surface area is 165 Å². The van der Waals surface area contributed by atoms with Crippen LogP contribution in [0.2, 0.25) is 0 Å². The summed E-state index contributed by atoms with van der Waals surface area (Å²) in [6.07, 6.45) is 11.5. The zero-order valence-electron chi connectivity index (χ0n) is 17.4. The van der Waals surface area contributed by atoms with Gasteiger partial charge >= 0.3 is 151 Å². The molecule has 1 atom stereocenters. The molecule has 0 aliphatic heterocycles. The predicted molar refractivity (Wildman–Crippen MR) is 121 cm³/mol. The Morgan fingerprint density at radius 1 is 1.19 bits per heavy atom. The molecule has 0 bridgehead atoms. The van der Waals surface area contributed by atoms with E-state index in [4.69, 9.17) is 0 Å². The number of aromatic amines is 1. The van der Waals surface area contributed by atoms with E-state index in [0.717, 1.165) is 31.6 Å². The summed E-state index contributed by atoms with van der Waals surface area (Å²) in [7, 11) is 2.11. The molecule has 0 spiro atoms. The molecule has 2 nitrogen and oxygen atoms in total. The maximum absolute atomic E-state index is 4.47. The van der Waals surface area contributed by atoms with Crippen LogP contribution in [0.4, 0.5) is 0 Å². The van der Waals surface area contributed by atoms with E-state index in [2.05, 4.69) is 61.6 Å². The molecule has 142 valence electrons. The minimum Gasteiger partial charge on any atom is -0.0683 e. The Hall–Kier alpha value is -2.16. The number of aromatic nitrogens is 2. The molecular formula is C24H33BN2. The smallest absolute Gasteiger partial charge is 0.0683 e. The van der Waals surface area contributed by atoms with Gasteiger partial charge in [-0.1, -0.05) is 13.8 Å². The molecule has 0 aliphatic rings. The first-order valence-corrected chi connectivity index (χ1v) is 10.4. The number of benzene rings is 1. The molecule has 27 heavy (non-hydrogen) atoms. The molecule has 1 N–H and O–H groups in total. The van der Waals surface area contributed by atoms with Gasteiger partial charge in [-0.05, 0) is 0 Å². The number of allylic oxidation sites excluding steroid dienone is 1. The quantitative estimate of drug-likeness (QED) is 0.352. The van der Waals surface area contributed by atoms with Crippen LogP contribution in [0, 0.1) is 5.92 Å². The van der Waals surface area contributed by atoms with Crippen LogP contribution in [0.1, 0.15) is 58.1 Å². The summed E-state index contributed by atoms with van der Waals surface area (Å²) in [5.74, 6) is 0.717. The summed E-state index contributed by atoms with van der Waals surface area (Å²) >= 11 is 0. The monoisotopic (exact) mass is 360 g/mol. The molecule has 0 fully saturated rings. The van der Waals surface area contributed by atoms with Crippen LogP contribution in [0.25, 0.3) is 21.9 Å². The van der Waals surface area contributed by atoms with Gasteiger partial charge in [0, 0.05) is 0 Å². The Kier molecular flexibility index (Phi) is 8.51. The number of nitrogens with one attached hydrogen (secondary N) is 1. The van der Waals surface area contributed by atoms with Crippen LogP contribution in [0.15, 0.2) is 49.3 Å². The normalized spacial score (nSPS) is 11.6. The van der Waals surface area contributed by atoms with Gasteiger partial charge in [-0.25, -0.2) is 0 Å². The third kappa shape index (κ3) is 5.66. The minimum atomic E-state index is 0.717. The minimum absolute atomic E-state index is 0.717. The van der Waals surface area contributed by atoms with Crippen molar-refractivity contribution >= 4 is 18.0 Å². The van der Waals surface area contributed by atoms with E-state index in [1.165, 1.54) is 39.5 Å². The van der Waals surface area contributed by atoms with E-state index < -0.39 is 0 Å². The Morgan fingerprint density at radius 2 is 2.00 bits per heavy atom. The van der Waals surface area contributed by atoms with Crippen molar-refractivity contribution in [3.05, 3.63) is 60.4 Å². The predicted octanol–water partition coefficient (Wildman–Crippen LogP) is 6.69. The molecule has 3 aromatic rings. The molecule has 3 heteroatoms. The molecule has 0 amide bonds. The van der Waals surface area contributed by atoms with Crippen LogP contribution in [0.5, 0.6) is 0 Å². The van der Waals surface area contributed by atoms with Gasteiger partial charge in [-0.15, -0.1) is 0 Å². The second-order valence-corrected chi connectivity index (χ2v) is 7.06. The molecule has 0 saturated carbocycles. The van der Waals surface area contributed by atoms with Crippen molar-refractivity contribution in [3.63, 3.8) is 0 Å². The number of pyridine rings is 1. The number of rotatable bonds is 8. The Bertz CT molecular complexity index is 850. The van der Waals surface area contributed by atoms with Gasteiger partial charge < -0.3 is 0 Å². The van der Waals surface area contributed by atoms with Crippen molar-refractivity contribution in [1.82, 2.24) is 9.88 Å². The first kappa shape index (κ1) is 21.1. The molecule has 0 unspecified atom stereocenters. The fourth-order valence-corrected chi connectivity index (χ4v) is 3.30. The fourth-order valence-electron chi connectivity index (χ4n) is 3.30. The second-order valence-electron chi connectivity index (χ2n) is 7.06. The summed E-state index contributed by atoms with van der Waals surface area (Å²) in [5.41, 5.74) is 6.35. The average Bonchev–Trinajstić information content (AvgIpc) is 3.13. The van der Waals surface area contributed by atoms with Crippen LogP contribution in [-0.2, 0) is 12.8 Å². The van der Waals surface area contributed by atoms with Crippen LogP contribution < -0.4 is 0 Å². The van der Waals surface area contributed by atoms with Crippen molar-refractivity contribution in [2.75, 3.05) is 0 Å². The molecule has 2 aromatic heterocycles. The Morgan fingerprint density at radius 3 is 2.74 bits per heavy atom. The van der Waals surface area contributed by atoms with Crippen LogP contribution >= 0.6 is 0 Å². The zero-order valence-corrected chi connectivity index (χ0v) is 17.4. The summed E-state index contributed by atoms with van der Waals surface area (Å²) in [4.78, 5) is 7.88. The molecule has 3 rings (SSSR count). The maximum Gasteiger partial charge on any atom is -0.0683 e. The van der Waals surface area contributed by atoms with E-state index in [0.29, 0.717) is 0 Å². The van der Waals surface area contributed by atoms with E-state index in [9.17, 15) is 0 Å². The van der Waals surface area contributed by atoms with Crippen LogP contribution in [0.3, 0.4) is 0 Å². The SMILES string of the molecule is C=CCCCc1cncc(-c2b[nH]c3ccc(C[C@H](C)CC)cc23)c1.CC. The standard InChI is InChI=1S/C22H27BN2.C2H6/c1-4-6-7-8-18-12-19(15-24-14-18)22-20-13-17(11-16(3)5-2)9-10-21(20)25-23-22;1-2/h4,9-10,12-16,25H,1,5-8,11H2,2-3H3;1-2H3/t16-;/m1./s1. The number of hydrogen-bond donors (Lipinski definition) is 1. The number of H-pyrrole nitrogens is 1. The van der Waals surface area contributed by atoms with Crippen molar-refractivity contribution in [2.45, 2.75) is 59.8 Å².